The number of urea groups is 1. The lowest BCUT2D eigenvalue weighted by Crippen LogP contribution is -2.65. The summed E-state index contributed by atoms with van der Waals surface area (Å²) >= 11 is 0. The maximum Gasteiger partial charge on any atom is 0.482 e. The van der Waals surface area contributed by atoms with E-state index in [1.54, 1.807) is 11.2 Å². The predicted octanol–water partition coefficient (Wildman–Crippen LogP) is 5.31. The molecule has 5 fully saturated rings. The first-order chi connectivity index (χ1) is 19.3. The van der Waals surface area contributed by atoms with Gasteiger partial charge in [0, 0.05) is 18.5 Å². The summed E-state index contributed by atoms with van der Waals surface area (Å²) in [7, 11) is -0.579. The molecule has 0 radical (unpaired) electrons. The topological polar surface area (TPSA) is 102 Å². The molecule has 41 heavy (non-hydrogen) atoms. The third kappa shape index (κ3) is 5.22. The van der Waals surface area contributed by atoms with E-state index in [-0.39, 0.29) is 35.3 Å². The van der Waals surface area contributed by atoms with Gasteiger partial charge in [0.2, 0.25) is 0 Å². The fourth-order valence-corrected chi connectivity index (χ4v) is 7.75. The lowest BCUT2D eigenvalue weighted by molar-refractivity contribution is -0.199. The number of rotatable bonds is 6. The summed E-state index contributed by atoms with van der Waals surface area (Å²) in [6, 6.07) is 7.50. The van der Waals surface area contributed by atoms with Gasteiger partial charge in [0.05, 0.1) is 30.0 Å². The van der Waals surface area contributed by atoms with Crippen LogP contribution >= 0.6 is 0 Å². The van der Waals surface area contributed by atoms with Crippen molar-refractivity contribution in [3.63, 3.8) is 0 Å². The first-order valence-corrected chi connectivity index (χ1v) is 15.2. The molecule has 3 saturated carbocycles. The Bertz CT molecular complexity index is 1310. The van der Waals surface area contributed by atoms with E-state index in [4.69, 9.17) is 18.5 Å². The molecule has 9 nitrogen and oxygen atoms in total. The summed E-state index contributed by atoms with van der Waals surface area (Å²) in [4.78, 5) is 27.8. The Balaban J connectivity index is 1.16. The van der Waals surface area contributed by atoms with Crippen LogP contribution in [-0.4, -0.2) is 66.5 Å². The molecule has 6 atom stereocenters. The molecule has 0 spiro atoms. The first-order valence-electron chi connectivity index (χ1n) is 15.2. The number of furan rings is 1. The van der Waals surface area contributed by atoms with Crippen molar-refractivity contribution >= 4 is 30.2 Å². The van der Waals surface area contributed by atoms with Gasteiger partial charge in [0.25, 0.3) is 0 Å². The van der Waals surface area contributed by atoms with Crippen LogP contribution < -0.4 is 10.6 Å². The van der Waals surface area contributed by atoms with Gasteiger partial charge >= 0.3 is 19.2 Å². The van der Waals surface area contributed by atoms with Crippen molar-refractivity contribution in [3.05, 3.63) is 36.1 Å². The van der Waals surface area contributed by atoms with Crippen molar-refractivity contribution in [2.45, 2.75) is 103 Å². The van der Waals surface area contributed by atoms with Gasteiger partial charge in [0.15, 0.2) is 0 Å². The molecule has 222 valence electrons. The molecule has 2 saturated heterocycles. The number of hydrogen-bond donors (Lipinski definition) is 2. The van der Waals surface area contributed by atoms with Gasteiger partial charge < -0.3 is 34.0 Å². The molecular weight excluding hydrogens is 521 g/mol. The van der Waals surface area contributed by atoms with E-state index in [1.807, 2.05) is 45.0 Å². The van der Waals surface area contributed by atoms with Crippen LogP contribution in [0, 0.1) is 17.3 Å². The second-order valence-corrected chi connectivity index (χ2v) is 14.2. The Morgan fingerprint density at radius 3 is 2.73 bits per heavy atom. The summed E-state index contributed by atoms with van der Waals surface area (Å²) in [6.07, 6.45) is 5.78. The van der Waals surface area contributed by atoms with E-state index < -0.39 is 18.7 Å². The number of nitrogens with one attached hydrogen (secondary N) is 2. The van der Waals surface area contributed by atoms with Crippen LogP contribution in [-0.2, 0) is 20.5 Å². The number of fused-ring (bicyclic) bond motifs is 1. The van der Waals surface area contributed by atoms with Gasteiger partial charge in [-0.15, -0.1) is 0 Å². The standard InChI is InChI=1S/C31H44BN3O6/c1-29(2,3)39-28(37)35-13-9-10-21(35)17-33-27(36)34-26(14-19-18-38-23-12-8-7-11-22(19)23)32-40-25-16-20-15-24(30(20,4)5)31(25,6)41-32/h7-8,11-12,18,20-21,24-26H,9-10,13-17H2,1-6H3,(H2,33,34,36)/t20-,21+,24-,25?,26-,31-/m0/s1. The van der Waals surface area contributed by atoms with E-state index in [2.05, 4.69) is 31.4 Å². The maximum atomic E-state index is 13.3. The normalized spacial score (nSPS) is 31.0. The summed E-state index contributed by atoms with van der Waals surface area (Å²) in [5.74, 6) is 0.637. The SMILES string of the molecule is CC(C)(C)OC(=O)N1CCC[C@@H]1CNC(=O)N[C@@H](Cc1coc2ccccc12)B1OC2C[C@@H]3C[C@@H](C3(C)C)[C@]2(C)O1. The van der Waals surface area contributed by atoms with Crippen LogP contribution in [0.1, 0.15) is 72.8 Å². The minimum absolute atomic E-state index is 0.0126. The Hall–Kier alpha value is -2.72. The zero-order valence-corrected chi connectivity index (χ0v) is 25.2. The number of benzene rings is 1. The highest BCUT2D eigenvalue weighted by Crippen LogP contribution is 2.65. The highest BCUT2D eigenvalue weighted by molar-refractivity contribution is 6.48. The number of para-hydroxylation sites is 1. The van der Waals surface area contributed by atoms with Gasteiger partial charge in [-0.3, -0.25) is 0 Å². The summed E-state index contributed by atoms with van der Waals surface area (Å²) in [5, 5.41) is 7.20. The quantitative estimate of drug-likeness (QED) is 0.461. The lowest BCUT2D eigenvalue weighted by Gasteiger charge is -2.64. The van der Waals surface area contributed by atoms with Gasteiger partial charge in [0.1, 0.15) is 11.2 Å². The third-order valence-electron chi connectivity index (χ3n) is 10.1. The zero-order chi connectivity index (χ0) is 29.2. The molecule has 5 aliphatic rings. The monoisotopic (exact) mass is 565 g/mol. The van der Waals surface area contributed by atoms with Crippen molar-refractivity contribution < 1.29 is 28.1 Å². The minimum atomic E-state index is -0.579. The zero-order valence-electron chi connectivity index (χ0n) is 25.2. The van der Waals surface area contributed by atoms with Crippen molar-refractivity contribution in [1.82, 2.24) is 15.5 Å². The van der Waals surface area contributed by atoms with Gasteiger partial charge in [-0.2, -0.15) is 0 Å². The van der Waals surface area contributed by atoms with Gasteiger partial charge in [-0.25, -0.2) is 9.59 Å². The largest absolute Gasteiger partial charge is 0.482 e. The highest BCUT2D eigenvalue weighted by Gasteiger charge is 2.68. The average Bonchev–Trinajstić information content (AvgIpc) is 3.62. The molecule has 2 bridgehead atoms. The molecule has 1 aromatic carbocycles. The molecule has 7 rings (SSSR count). The first kappa shape index (κ1) is 28.4. The number of ether oxygens (including phenoxy) is 1. The molecule has 2 aromatic rings. The number of hydrogen-bond acceptors (Lipinski definition) is 6. The van der Waals surface area contributed by atoms with Crippen LogP contribution in [0.5, 0.6) is 0 Å². The summed E-state index contributed by atoms with van der Waals surface area (Å²) < 4.78 is 24.8. The van der Waals surface area contributed by atoms with E-state index in [0.29, 0.717) is 31.3 Å². The Morgan fingerprint density at radius 2 is 1.98 bits per heavy atom. The molecular formula is C31H44BN3O6. The minimum Gasteiger partial charge on any atom is -0.464 e. The number of nitrogens with zero attached hydrogens (tertiary/aromatic N) is 1. The lowest BCUT2D eigenvalue weighted by atomic mass is 9.43. The van der Waals surface area contributed by atoms with E-state index >= 15 is 0 Å². The number of likely N-dealkylation sites (tertiary alicyclic amines) is 1. The second kappa shape index (κ2) is 10.2. The fraction of sp³-hybridized carbons (Fsp3) is 0.677. The van der Waals surface area contributed by atoms with Crippen LogP contribution in [0.25, 0.3) is 11.0 Å². The Morgan fingerprint density at radius 1 is 1.20 bits per heavy atom. The molecule has 10 heteroatoms. The molecule has 2 N–H and O–H groups in total. The molecule has 1 unspecified atom stereocenters. The van der Waals surface area contributed by atoms with E-state index in [1.165, 1.54) is 0 Å². The molecule has 3 aliphatic carbocycles. The van der Waals surface area contributed by atoms with Crippen LogP contribution in [0.3, 0.4) is 0 Å². The Labute approximate surface area is 243 Å². The molecule has 3 amide bonds. The highest BCUT2D eigenvalue weighted by atomic mass is 16.7. The number of carbonyl (C=O) groups excluding carboxylic acids is 2. The van der Waals surface area contributed by atoms with Crippen LogP contribution in [0.15, 0.2) is 34.9 Å². The average molecular weight is 566 g/mol. The number of amides is 3. The molecule has 3 heterocycles. The van der Waals surface area contributed by atoms with Crippen LogP contribution in [0.2, 0.25) is 0 Å². The van der Waals surface area contributed by atoms with Gasteiger partial charge in [-0.05, 0) is 88.7 Å². The fourth-order valence-electron chi connectivity index (χ4n) is 7.75. The van der Waals surface area contributed by atoms with Crippen molar-refractivity contribution in [1.29, 1.82) is 0 Å². The third-order valence-corrected chi connectivity index (χ3v) is 10.1. The summed E-state index contributed by atoms with van der Waals surface area (Å²) in [6.45, 7) is 13.4. The smallest absolute Gasteiger partial charge is 0.464 e. The van der Waals surface area contributed by atoms with Crippen LogP contribution in [0.4, 0.5) is 9.59 Å². The van der Waals surface area contributed by atoms with E-state index in [0.717, 1.165) is 42.2 Å². The molecule has 1 aromatic heterocycles. The van der Waals surface area contributed by atoms with E-state index in [9.17, 15) is 9.59 Å². The van der Waals surface area contributed by atoms with Crippen molar-refractivity contribution in [2.24, 2.45) is 17.3 Å². The van der Waals surface area contributed by atoms with Crippen molar-refractivity contribution in [2.75, 3.05) is 13.1 Å². The predicted molar refractivity (Wildman–Crippen MR) is 156 cm³/mol. The van der Waals surface area contributed by atoms with Crippen molar-refractivity contribution in [3.8, 4) is 0 Å². The Kier molecular flexibility index (Phi) is 7.09. The second-order valence-electron chi connectivity index (χ2n) is 14.2. The number of carbonyl (C=O) groups is 2. The van der Waals surface area contributed by atoms with Gasteiger partial charge in [-0.1, -0.05) is 32.0 Å². The molecule has 2 aliphatic heterocycles. The maximum absolute atomic E-state index is 13.3. The summed E-state index contributed by atoms with van der Waals surface area (Å²) in [5.41, 5.74) is 1.09.